The van der Waals surface area contributed by atoms with E-state index in [1.807, 2.05) is 7.05 Å². The number of esters is 1. The van der Waals surface area contributed by atoms with Crippen LogP contribution in [-0.4, -0.2) is 77.7 Å². The fourth-order valence-electron chi connectivity index (χ4n) is 4.63. The van der Waals surface area contributed by atoms with Gasteiger partial charge in [-0.25, -0.2) is 23.2 Å². The predicted octanol–water partition coefficient (Wildman–Crippen LogP) is 3.19. The molecule has 2 fully saturated rings. The van der Waals surface area contributed by atoms with Crippen molar-refractivity contribution < 1.29 is 41.5 Å². The van der Waals surface area contributed by atoms with Gasteiger partial charge in [0.15, 0.2) is 0 Å². The van der Waals surface area contributed by atoms with Gasteiger partial charge in [-0.1, -0.05) is 18.2 Å². The van der Waals surface area contributed by atoms with E-state index in [0.717, 1.165) is 19.3 Å². The topological polar surface area (TPSA) is 150 Å². The van der Waals surface area contributed by atoms with Crippen LogP contribution in [0.4, 0.5) is 14.6 Å². The van der Waals surface area contributed by atoms with Gasteiger partial charge in [0.1, 0.15) is 18.1 Å². The van der Waals surface area contributed by atoms with Crippen LogP contribution >= 0.6 is 7.75 Å². The molecule has 0 radical (unpaired) electrons. The van der Waals surface area contributed by atoms with E-state index in [4.69, 9.17) is 18.5 Å². The van der Waals surface area contributed by atoms with Crippen LogP contribution in [0.3, 0.4) is 0 Å². The number of carbonyl (C=O) groups is 2. The summed E-state index contributed by atoms with van der Waals surface area (Å²) in [4.78, 5) is 43.1. The van der Waals surface area contributed by atoms with Crippen molar-refractivity contribution in [3.05, 3.63) is 53.1 Å². The first-order valence-electron chi connectivity index (χ1n) is 13.9. The molecule has 3 unspecified atom stereocenters. The molecule has 2 aliphatic rings. The number of ether oxygens (including phenoxy) is 2. The minimum absolute atomic E-state index is 0.0487. The van der Waals surface area contributed by atoms with E-state index in [-0.39, 0.29) is 23.4 Å². The molecule has 2 N–H and O–H groups in total. The highest BCUT2D eigenvalue weighted by molar-refractivity contribution is 7.52. The van der Waals surface area contributed by atoms with Crippen LogP contribution in [0.25, 0.3) is 0 Å². The average Bonchev–Trinajstić information content (AvgIpc) is 3.25. The van der Waals surface area contributed by atoms with E-state index in [2.05, 4.69) is 20.3 Å². The minimum atomic E-state index is -4.27. The van der Waals surface area contributed by atoms with Crippen molar-refractivity contribution in [1.29, 1.82) is 0 Å². The zero-order chi connectivity index (χ0) is 31.2. The molecule has 0 saturated carbocycles. The second-order valence-electron chi connectivity index (χ2n) is 10.7. The highest BCUT2D eigenvalue weighted by Crippen LogP contribution is 2.47. The molecular formula is C27H36F2N5O8P. The number of rotatable bonds is 12. The quantitative estimate of drug-likeness (QED) is 0.264. The Balaban J connectivity index is 1.40. The number of benzene rings is 1. The molecule has 2 aliphatic heterocycles. The molecule has 43 heavy (non-hydrogen) atoms. The molecule has 236 valence electrons. The monoisotopic (exact) mass is 627 g/mol. The summed E-state index contributed by atoms with van der Waals surface area (Å²) in [5, 5.41) is 4.97. The van der Waals surface area contributed by atoms with Crippen LogP contribution < -0.4 is 20.6 Å². The highest BCUT2D eigenvalue weighted by atomic mass is 31.2. The number of hydrogen-bond donors (Lipinski definition) is 2. The molecule has 1 aromatic carbocycles. The Morgan fingerprint density at radius 3 is 2.53 bits per heavy atom. The lowest BCUT2D eigenvalue weighted by molar-refractivity contribution is -0.146. The van der Waals surface area contributed by atoms with Crippen molar-refractivity contribution in [2.45, 2.75) is 57.5 Å². The minimum Gasteiger partial charge on any atom is -0.462 e. The molecule has 3 atom stereocenters. The molecule has 2 saturated heterocycles. The number of para-hydroxylation sites is 1. The van der Waals surface area contributed by atoms with E-state index in [9.17, 15) is 18.9 Å². The second kappa shape index (κ2) is 14.0. The summed E-state index contributed by atoms with van der Waals surface area (Å²) in [6, 6.07) is 9.19. The molecule has 4 rings (SSSR count). The molecule has 13 nitrogen and oxygen atoms in total. The van der Waals surface area contributed by atoms with Gasteiger partial charge in [-0.3, -0.25) is 18.7 Å². The molecule has 2 aromatic rings. The van der Waals surface area contributed by atoms with Crippen molar-refractivity contribution in [3.63, 3.8) is 0 Å². The number of anilines is 1. The zero-order valence-electron chi connectivity index (χ0n) is 24.1. The molecular weight excluding hydrogens is 591 g/mol. The van der Waals surface area contributed by atoms with Gasteiger partial charge in [0.25, 0.3) is 5.92 Å². The third-order valence-electron chi connectivity index (χ3n) is 6.79. The SMILES string of the molecule is CC(C)OC(=O)CNP(=O)(OCC1CC(F)(F)C(n2ccc(NC(=O)C3CCN(C)CC3)nc2=O)O1)Oc1ccccc1. The third-order valence-corrected chi connectivity index (χ3v) is 8.27. The van der Waals surface area contributed by atoms with Crippen LogP contribution in [0.15, 0.2) is 47.4 Å². The number of amides is 1. The Labute approximate surface area is 247 Å². The number of nitrogens with zero attached hydrogens (tertiary/aromatic N) is 3. The molecule has 0 spiro atoms. The van der Waals surface area contributed by atoms with Crippen LogP contribution in [0.2, 0.25) is 0 Å². The Morgan fingerprint density at radius 1 is 1.19 bits per heavy atom. The molecule has 0 bridgehead atoms. The average molecular weight is 628 g/mol. The Bertz CT molecular complexity index is 1370. The smallest absolute Gasteiger partial charge is 0.459 e. The van der Waals surface area contributed by atoms with E-state index < -0.39 is 63.3 Å². The summed E-state index contributed by atoms with van der Waals surface area (Å²) in [7, 11) is -2.30. The summed E-state index contributed by atoms with van der Waals surface area (Å²) < 4.78 is 65.5. The van der Waals surface area contributed by atoms with Crippen molar-refractivity contribution in [1.82, 2.24) is 19.5 Å². The normalized spacial score (nSPS) is 22.2. The fourth-order valence-corrected chi connectivity index (χ4v) is 5.93. The summed E-state index contributed by atoms with van der Waals surface area (Å²) in [6.45, 7) is 3.66. The van der Waals surface area contributed by atoms with Gasteiger partial charge in [-0.2, -0.15) is 4.98 Å². The number of carbonyl (C=O) groups excluding carboxylic acids is 2. The summed E-state index contributed by atoms with van der Waals surface area (Å²) in [5.74, 6) is -4.67. The summed E-state index contributed by atoms with van der Waals surface area (Å²) in [6.07, 6.45) is -2.21. The van der Waals surface area contributed by atoms with Gasteiger partial charge in [-0.05, 0) is 65.0 Å². The Hall–Kier alpha value is -3.23. The molecule has 0 aliphatic carbocycles. The van der Waals surface area contributed by atoms with Gasteiger partial charge in [-0.15, -0.1) is 0 Å². The lowest BCUT2D eigenvalue weighted by atomic mass is 9.96. The first-order valence-corrected chi connectivity index (χ1v) is 15.4. The lowest BCUT2D eigenvalue weighted by Crippen LogP contribution is -2.37. The summed E-state index contributed by atoms with van der Waals surface area (Å²) >= 11 is 0. The molecule has 1 aromatic heterocycles. The van der Waals surface area contributed by atoms with Crippen molar-refractivity contribution in [2.75, 3.05) is 38.6 Å². The molecule has 16 heteroatoms. The number of likely N-dealkylation sites (tertiary alicyclic amines) is 1. The maximum atomic E-state index is 15.0. The maximum Gasteiger partial charge on any atom is 0.459 e. The predicted molar refractivity (Wildman–Crippen MR) is 151 cm³/mol. The van der Waals surface area contributed by atoms with Crippen LogP contribution in [0.5, 0.6) is 5.75 Å². The second-order valence-corrected chi connectivity index (χ2v) is 12.5. The van der Waals surface area contributed by atoms with E-state index in [1.165, 1.54) is 18.2 Å². The lowest BCUT2D eigenvalue weighted by Gasteiger charge is -2.27. The van der Waals surface area contributed by atoms with Gasteiger partial charge in [0.2, 0.25) is 12.1 Å². The third kappa shape index (κ3) is 9.13. The Morgan fingerprint density at radius 2 is 1.88 bits per heavy atom. The van der Waals surface area contributed by atoms with Crippen LogP contribution in [-0.2, 0) is 28.2 Å². The number of piperidine rings is 1. The van der Waals surface area contributed by atoms with Crippen molar-refractivity contribution in [2.24, 2.45) is 5.92 Å². The number of hydrogen-bond acceptors (Lipinski definition) is 10. The van der Waals surface area contributed by atoms with Crippen LogP contribution in [0.1, 0.15) is 39.3 Å². The first-order chi connectivity index (χ1) is 20.3. The summed E-state index contributed by atoms with van der Waals surface area (Å²) in [5.41, 5.74) is -1.05. The fraction of sp³-hybridized carbons (Fsp3) is 0.556. The number of halogens is 2. The standard InChI is InChI=1S/C27H36F2N5O8P/c1-18(2)40-23(35)16-30-43(38,42-20-7-5-4-6-8-20)39-17-21-15-27(28,29)25(41-21)34-14-11-22(32-26(34)37)31-24(36)19-9-12-33(3)13-10-19/h4-8,11,14,18-19,21,25H,9-10,12-13,15-17H2,1-3H3,(H,30,38)(H,31,32,36,37). The van der Waals surface area contributed by atoms with Crippen LogP contribution in [0, 0.1) is 5.92 Å². The number of nitrogens with one attached hydrogen (secondary N) is 2. The molecule has 3 heterocycles. The van der Waals surface area contributed by atoms with Gasteiger partial charge >= 0.3 is 19.4 Å². The van der Waals surface area contributed by atoms with Crippen molar-refractivity contribution in [3.8, 4) is 5.75 Å². The van der Waals surface area contributed by atoms with E-state index >= 15 is 8.78 Å². The van der Waals surface area contributed by atoms with E-state index in [0.29, 0.717) is 17.4 Å². The van der Waals surface area contributed by atoms with Gasteiger partial charge < -0.3 is 24.2 Å². The Kier molecular flexibility index (Phi) is 10.7. The highest BCUT2D eigenvalue weighted by Gasteiger charge is 2.52. The zero-order valence-corrected chi connectivity index (χ0v) is 25.0. The van der Waals surface area contributed by atoms with Gasteiger partial charge in [0, 0.05) is 18.5 Å². The molecule has 1 amide bonds. The first kappa shape index (κ1) is 32.7. The number of aromatic nitrogens is 2. The van der Waals surface area contributed by atoms with Crippen molar-refractivity contribution >= 4 is 25.4 Å². The number of alkyl halides is 2. The largest absolute Gasteiger partial charge is 0.462 e. The van der Waals surface area contributed by atoms with E-state index in [1.54, 1.807) is 32.0 Å². The maximum absolute atomic E-state index is 15.0. The van der Waals surface area contributed by atoms with Gasteiger partial charge in [0.05, 0.1) is 18.8 Å².